The van der Waals surface area contributed by atoms with E-state index in [9.17, 15) is 0 Å². The number of benzene rings is 1. The van der Waals surface area contributed by atoms with Crippen molar-refractivity contribution in [3.8, 4) is 0 Å². The molecule has 4 rings (SSSR count). The molecule has 4 nitrogen and oxygen atoms in total. The lowest BCUT2D eigenvalue weighted by atomic mass is 9.98. The molecule has 138 valence electrons. The molecule has 0 radical (unpaired) electrons. The van der Waals surface area contributed by atoms with Crippen molar-refractivity contribution >= 4 is 38.9 Å². The van der Waals surface area contributed by atoms with E-state index < -0.39 is 0 Å². The maximum Gasteiger partial charge on any atom is 0.174 e. The summed E-state index contributed by atoms with van der Waals surface area (Å²) in [5.41, 5.74) is 3.27. The smallest absolute Gasteiger partial charge is 0.174 e. The zero-order valence-electron chi connectivity index (χ0n) is 15.2. The molecule has 3 aromatic rings. The van der Waals surface area contributed by atoms with E-state index in [0.29, 0.717) is 6.04 Å². The van der Waals surface area contributed by atoms with Gasteiger partial charge >= 0.3 is 0 Å². The number of pyridine rings is 1. The SMILES string of the molecule is CC(C)n1ccc(C2C(c3ccccn3)NC(=S)N2c2ccc(Br)cc2)c1. The molecule has 2 atom stereocenters. The van der Waals surface area contributed by atoms with Gasteiger partial charge in [-0.3, -0.25) is 4.98 Å². The Balaban J connectivity index is 1.81. The minimum Gasteiger partial charge on any atom is -0.351 e. The third-order valence-electron chi connectivity index (χ3n) is 4.88. The Morgan fingerprint density at radius 2 is 1.89 bits per heavy atom. The quantitative estimate of drug-likeness (QED) is 0.550. The Bertz CT molecular complexity index is 936. The van der Waals surface area contributed by atoms with Gasteiger partial charge in [0.2, 0.25) is 0 Å². The van der Waals surface area contributed by atoms with Gasteiger partial charge in [-0.1, -0.05) is 22.0 Å². The molecule has 0 saturated carbocycles. The highest BCUT2D eigenvalue weighted by Crippen LogP contribution is 2.41. The molecule has 1 aromatic carbocycles. The highest BCUT2D eigenvalue weighted by Gasteiger charge is 2.41. The van der Waals surface area contributed by atoms with Crippen LogP contribution in [0.5, 0.6) is 0 Å². The van der Waals surface area contributed by atoms with Crippen LogP contribution in [0.3, 0.4) is 0 Å². The van der Waals surface area contributed by atoms with Crippen molar-refractivity contribution in [3.63, 3.8) is 0 Å². The fourth-order valence-electron chi connectivity index (χ4n) is 3.50. The summed E-state index contributed by atoms with van der Waals surface area (Å²) >= 11 is 9.25. The normalized spacial score (nSPS) is 19.6. The molecule has 6 heteroatoms. The molecule has 0 bridgehead atoms. The monoisotopic (exact) mass is 440 g/mol. The number of anilines is 1. The van der Waals surface area contributed by atoms with Gasteiger partial charge < -0.3 is 14.8 Å². The molecule has 27 heavy (non-hydrogen) atoms. The van der Waals surface area contributed by atoms with Crippen molar-refractivity contribution in [2.45, 2.75) is 32.0 Å². The zero-order valence-corrected chi connectivity index (χ0v) is 17.6. The van der Waals surface area contributed by atoms with E-state index in [1.165, 1.54) is 5.56 Å². The molecule has 1 aliphatic heterocycles. The molecule has 1 aliphatic rings. The fraction of sp³-hybridized carbons (Fsp3) is 0.238. The van der Waals surface area contributed by atoms with Crippen LogP contribution in [0, 0.1) is 0 Å². The highest BCUT2D eigenvalue weighted by molar-refractivity contribution is 9.10. The zero-order chi connectivity index (χ0) is 19.0. The summed E-state index contributed by atoms with van der Waals surface area (Å²) in [6.07, 6.45) is 6.18. The Morgan fingerprint density at radius 1 is 1.11 bits per heavy atom. The summed E-state index contributed by atoms with van der Waals surface area (Å²) in [4.78, 5) is 6.79. The van der Waals surface area contributed by atoms with Crippen molar-refractivity contribution in [2.24, 2.45) is 0 Å². The van der Waals surface area contributed by atoms with Gasteiger partial charge in [-0.15, -0.1) is 0 Å². The minimum atomic E-state index is -0.00893. The van der Waals surface area contributed by atoms with Gasteiger partial charge in [-0.25, -0.2) is 0 Å². The lowest BCUT2D eigenvalue weighted by Gasteiger charge is -2.27. The molecule has 0 spiro atoms. The number of aromatic nitrogens is 2. The summed E-state index contributed by atoms with van der Waals surface area (Å²) in [6, 6.07) is 16.9. The van der Waals surface area contributed by atoms with Gasteiger partial charge in [-0.05, 0) is 74.1 Å². The van der Waals surface area contributed by atoms with Crippen LogP contribution >= 0.6 is 28.1 Å². The molecule has 1 saturated heterocycles. The van der Waals surface area contributed by atoms with E-state index >= 15 is 0 Å². The first kappa shape index (κ1) is 18.2. The van der Waals surface area contributed by atoms with Crippen molar-refractivity contribution in [3.05, 3.63) is 82.9 Å². The van der Waals surface area contributed by atoms with Gasteiger partial charge in [-0.2, -0.15) is 0 Å². The first-order valence-electron chi connectivity index (χ1n) is 8.98. The lowest BCUT2D eigenvalue weighted by Crippen LogP contribution is -2.29. The molecular formula is C21H21BrN4S. The Kier molecular flexibility index (Phi) is 5.02. The minimum absolute atomic E-state index is 0.00893. The van der Waals surface area contributed by atoms with Crippen molar-refractivity contribution in [1.82, 2.24) is 14.9 Å². The number of halogens is 1. The summed E-state index contributed by atoms with van der Waals surface area (Å²) < 4.78 is 3.28. The largest absolute Gasteiger partial charge is 0.351 e. The predicted octanol–water partition coefficient (Wildman–Crippen LogP) is 5.40. The lowest BCUT2D eigenvalue weighted by molar-refractivity contribution is 0.560. The van der Waals surface area contributed by atoms with Crippen LogP contribution in [-0.2, 0) is 0 Å². The second-order valence-electron chi connectivity index (χ2n) is 6.96. The molecule has 0 aliphatic carbocycles. The van der Waals surface area contributed by atoms with Crippen molar-refractivity contribution in [1.29, 1.82) is 0 Å². The number of hydrogen-bond donors (Lipinski definition) is 1. The Morgan fingerprint density at radius 3 is 2.52 bits per heavy atom. The van der Waals surface area contributed by atoms with E-state index in [4.69, 9.17) is 12.2 Å². The molecule has 3 heterocycles. The van der Waals surface area contributed by atoms with Gasteiger partial charge in [0.25, 0.3) is 0 Å². The molecule has 2 unspecified atom stereocenters. The predicted molar refractivity (Wildman–Crippen MR) is 117 cm³/mol. The van der Waals surface area contributed by atoms with Crippen molar-refractivity contribution in [2.75, 3.05) is 4.90 Å². The van der Waals surface area contributed by atoms with Crippen molar-refractivity contribution < 1.29 is 0 Å². The summed E-state index contributed by atoms with van der Waals surface area (Å²) in [6.45, 7) is 4.37. The first-order valence-corrected chi connectivity index (χ1v) is 10.2. The van der Waals surface area contributed by atoms with Gasteiger partial charge in [0.05, 0.1) is 17.8 Å². The topological polar surface area (TPSA) is 33.1 Å². The highest BCUT2D eigenvalue weighted by atomic mass is 79.9. The molecule has 1 fully saturated rings. The van der Waals surface area contributed by atoms with Gasteiger partial charge in [0, 0.05) is 34.8 Å². The maximum atomic E-state index is 5.74. The molecule has 0 amide bonds. The van der Waals surface area contributed by atoms with E-state index in [1.807, 2.05) is 30.5 Å². The van der Waals surface area contributed by atoms with Gasteiger partial charge in [0.15, 0.2) is 5.11 Å². The van der Waals surface area contributed by atoms with Crippen LogP contribution in [-0.4, -0.2) is 14.7 Å². The maximum absolute atomic E-state index is 5.74. The average Bonchev–Trinajstić information content (AvgIpc) is 3.28. The Hall–Kier alpha value is -2.18. The second kappa shape index (κ2) is 7.44. The second-order valence-corrected chi connectivity index (χ2v) is 8.26. The molecular weight excluding hydrogens is 420 g/mol. The third kappa shape index (κ3) is 3.51. The van der Waals surface area contributed by atoms with E-state index in [0.717, 1.165) is 21.0 Å². The van der Waals surface area contributed by atoms with E-state index in [1.54, 1.807) is 0 Å². The third-order valence-corrected chi connectivity index (χ3v) is 5.72. The van der Waals surface area contributed by atoms with Crippen LogP contribution in [0.15, 0.2) is 71.6 Å². The van der Waals surface area contributed by atoms with Crippen LogP contribution in [0.2, 0.25) is 0 Å². The van der Waals surface area contributed by atoms with E-state index in [2.05, 4.69) is 86.2 Å². The number of hydrogen-bond acceptors (Lipinski definition) is 2. The Labute approximate surface area is 173 Å². The van der Waals surface area contributed by atoms with Crippen LogP contribution in [0.25, 0.3) is 0 Å². The van der Waals surface area contributed by atoms with Crippen LogP contribution < -0.4 is 10.2 Å². The number of thiocarbonyl (C=S) groups is 1. The number of nitrogens with one attached hydrogen (secondary N) is 1. The van der Waals surface area contributed by atoms with Crippen LogP contribution in [0.4, 0.5) is 5.69 Å². The number of nitrogens with zero attached hydrogens (tertiary/aromatic N) is 3. The standard InChI is InChI=1S/C21H21BrN4S/c1-14(2)25-12-10-15(13-25)20-19(18-5-3-4-11-23-18)24-21(27)26(20)17-8-6-16(22)7-9-17/h3-14,19-20H,1-2H3,(H,24,27). The summed E-state index contributed by atoms with van der Waals surface area (Å²) in [5.74, 6) is 0. The molecule has 2 aromatic heterocycles. The molecule has 1 N–H and O–H groups in total. The van der Waals surface area contributed by atoms with Crippen LogP contribution in [0.1, 0.15) is 43.2 Å². The fourth-order valence-corrected chi connectivity index (χ4v) is 4.11. The number of rotatable bonds is 4. The first-order chi connectivity index (χ1) is 13.0. The average molecular weight is 441 g/mol. The van der Waals surface area contributed by atoms with Gasteiger partial charge in [0.1, 0.15) is 0 Å². The summed E-state index contributed by atoms with van der Waals surface area (Å²) in [7, 11) is 0. The summed E-state index contributed by atoms with van der Waals surface area (Å²) in [5, 5.41) is 4.21. The van der Waals surface area contributed by atoms with E-state index in [-0.39, 0.29) is 12.1 Å².